The van der Waals surface area contributed by atoms with Gasteiger partial charge in [-0.1, -0.05) is 11.8 Å². The fourth-order valence-electron chi connectivity index (χ4n) is 2.48. The molecule has 2 aliphatic rings. The normalized spacial score (nSPS) is 17.0. The van der Waals surface area contributed by atoms with Crippen LogP contribution in [0.15, 0.2) is 24.3 Å². The van der Waals surface area contributed by atoms with E-state index in [2.05, 4.69) is 11.8 Å². The monoisotopic (exact) mass is 283 g/mol. The van der Waals surface area contributed by atoms with Crippen LogP contribution in [0.5, 0.6) is 0 Å². The van der Waals surface area contributed by atoms with Crippen LogP contribution >= 0.6 is 0 Å². The van der Waals surface area contributed by atoms with E-state index < -0.39 is 0 Å². The molecule has 0 unspecified atom stereocenters. The molecule has 2 aliphatic carbocycles. The van der Waals surface area contributed by atoms with E-state index in [1.165, 1.54) is 25.7 Å². The minimum atomic E-state index is -0.142. The van der Waals surface area contributed by atoms with Crippen molar-refractivity contribution in [2.45, 2.75) is 25.7 Å². The van der Waals surface area contributed by atoms with E-state index in [0.29, 0.717) is 0 Å². The van der Waals surface area contributed by atoms with Gasteiger partial charge in [-0.15, -0.1) is 0 Å². The Labute approximate surface area is 126 Å². The second-order valence-electron chi connectivity index (χ2n) is 6.13. The molecule has 0 radical (unpaired) electrons. The minimum absolute atomic E-state index is 0.142. The van der Waals surface area contributed by atoms with Crippen molar-refractivity contribution in [2.75, 3.05) is 19.7 Å². The molecule has 0 aromatic heterocycles. The predicted molar refractivity (Wildman–Crippen MR) is 81.8 cm³/mol. The average molecular weight is 283 g/mol. The summed E-state index contributed by atoms with van der Waals surface area (Å²) in [5.74, 6) is 7.06. The number of rotatable bonds is 5. The maximum Gasteiger partial charge on any atom is 0.253 e. The lowest BCUT2D eigenvalue weighted by molar-refractivity contribution is 0.0739. The van der Waals surface area contributed by atoms with Gasteiger partial charge in [0.25, 0.3) is 5.91 Å². The maximum atomic E-state index is 12.6. The highest BCUT2D eigenvalue weighted by atomic mass is 16.2. The summed E-state index contributed by atoms with van der Waals surface area (Å²) >= 11 is 0. The van der Waals surface area contributed by atoms with Crippen molar-refractivity contribution in [2.24, 2.45) is 11.8 Å². The Morgan fingerprint density at radius 3 is 2.14 bits per heavy atom. The minimum Gasteiger partial charge on any atom is -0.384 e. The van der Waals surface area contributed by atoms with Crippen LogP contribution in [0.4, 0.5) is 0 Å². The second-order valence-corrected chi connectivity index (χ2v) is 6.13. The molecule has 2 fully saturated rings. The molecule has 0 saturated heterocycles. The molecule has 3 nitrogen and oxygen atoms in total. The van der Waals surface area contributed by atoms with Crippen molar-refractivity contribution in [3.8, 4) is 11.8 Å². The van der Waals surface area contributed by atoms with Crippen molar-refractivity contribution >= 4 is 5.91 Å². The van der Waals surface area contributed by atoms with E-state index >= 15 is 0 Å². The number of nitrogens with zero attached hydrogens (tertiary/aromatic N) is 1. The number of carbonyl (C=O) groups excluding carboxylic acids is 1. The standard InChI is InChI=1S/C18H21NO2/c20-11-1-2-14-7-9-17(10-8-14)18(21)19(12-15-3-4-15)13-16-5-6-16/h7-10,15-16,20H,3-6,11-13H2. The zero-order valence-corrected chi connectivity index (χ0v) is 12.2. The molecule has 3 rings (SSSR count). The predicted octanol–water partition coefficient (Wildman–Crippen LogP) is 2.29. The Bertz CT molecular complexity index is 545. The molecule has 0 heterocycles. The van der Waals surface area contributed by atoms with E-state index in [-0.39, 0.29) is 12.5 Å². The highest BCUT2D eigenvalue weighted by Crippen LogP contribution is 2.34. The van der Waals surface area contributed by atoms with Gasteiger partial charge in [0, 0.05) is 24.2 Å². The molecule has 2 saturated carbocycles. The molecule has 110 valence electrons. The Kier molecular flexibility index (Phi) is 4.26. The summed E-state index contributed by atoms with van der Waals surface area (Å²) in [7, 11) is 0. The van der Waals surface area contributed by atoms with Gasteiger partial charge in [0.1, 0.15) is 6.61 Å². The maximum absolute atomic E-state index is 12.6. The molecule has 1 amide bonds. The number of hydrogen-bond acceptors (Lipinski definition) is 2. The van der Waals surface area contributed by atoms with E-state index in [1.54, 1.807) is 0 Å². The smallest absolute Gasteiger partial charge is 0.253 e. The first kappa shape index (κ1) is 14.2. The summed E-state index contributed by atoms with van der Waals surface area (Å²) in [6, 6.07) is 7.39. The third-order valence-electron chi connectivity index (χ3n) is 4.08. The molecule has 1 aromatic rings. The molecule has 0 aliphatic heterocycles. The zero-order valence-electron chi connectivity index (χ0n) is 12.2. The molecule has 0 bridgehead atoms. The topological polar surface area (TPSA) is 40.5 Å². The summed E-state index contributed by atoms with van der Waals surface area (Å²) < 4.78 is 0. The molecular formula is C18H21NO2. The third kappa shape index (κ3) is 4.09. The number of hydrogen-bond donors (Lipinski definition) is 1. The lowest BCUT2D eigenvalue weighted by Crippen LogP contribution is -2.34. The molecule has 0 spiro atoms. The number of carbonyl (C=O) groups is 1. The van der Waals surface area contributed by atoms with Crippen molar-refractivity contribution < 1.29 is 9.90 Å². The van der Waals surface area contributed by atoms with Crippen LogP contribution < -0.4 is 0 Å². The van der Waals surface area contributed by atoms with E-state index in [0.717, 1.165) is 36.1 Å². The fourth-order valence-corrected chi connectivity index (χ4v) is 2.48. The van der Waals surface area contributed by atoms with Gasteiger partial charge in [0.2, 0.25) is 0 Å². The Hall–Kier alpha value is -1.79. The van der Waals surface area contributed by atoms with Gasteiger partial charge in [-0.25, -0.2) is 0 Å². The quantitative estimate of drug-likeness (QED) is 0.842. The van der Waals surface area contributed by atoms with E-state index in [1.807, 2.05) is 29.2 Å². The Balaban J connectivity index is 1.68. The lowest BCUT2D eigenvalue weighted by Gasteiger charge is -2.22. The first-order valence-corrected chi connectivity index (χ1v) is 7.75. The average Bonchev–Trinajstić information content (AvgIpc) is 3.40. The summed E-state index contributed by atoms with van der Waals surface area (Å²) in [5, 5.41) is 8.69. The van der Waals surface area contributed by atoms with Crippen LogP contribution in [-0.4, -0.2) is 35.6 Å². The third-order valence-corrected chi connectivity index (χ3v) is 4.08. The van der Waals surface area contributed by atoms with Crippen LogP contribution in [0.2, 0.25) is 0 Å². The SMILES string of the molecule is O=C(c1ccc(C#CCO)cc1)N(CC1CC1)CC1CC1. The van der Waals surface area contributed by atoms with Gasteiger partial charge in [-0.3, -0.25) is 4.79 Å². The molecule has 21 heavy (non-hydrogen) atoms. The van der Waals surface area contributed by atoms with Crippen LogP contribution in [0, 0.1) is 23.7 Å². The summed E-state index contributed by atoms with van der Waals surface area (Å²) in [5.41, 5.74) is 1.57. The summed E-state index contributed by atoms with van der Waals surface area (Å²) in [6.45, 7) is 1.69. The van der Waals surface area contributed by atoms with Crippen LogP contribution in [0.25, 0.3) is 0 Å². The van der Waals surface area contributed by atoms with Gasteiger partial charge >= 0.3 is 0 Å². The Morgan fingerprint density at radius 1 is 1.10 bits per heavy atom. The van der Waals surface area contributed by atoms with E-state index in [9.17, 15) is 4.79 Å². The summed E-state index contributed by atoms with van der Waals surface area (Å²) in [6.07, 6.45) is 5.07. The molecule has 1 aromatic carbocycles. The highest BCUT2D eigenvalue weighted by molar-refractivity contribution is 5.94. The largest absolute Gasteiger partial charge is 0.384 e. The van der Waals surface area contributed by atoms with Gasteiger partial charge in [0.05, 0.1) is 0 Å². The van der Waals surface area contributed by atoms with Gasteiger partial charge < -0.3 is 10.0 Å². The Morgan fingerprint density at radius 2 is 1.67 bits per heavy atom. The van der Waals surface area contributed by atoms with Gasteiger partial charge in [-0.05, 0) is 61.8 Å². The lowest BCUT2D eigenvalue weighted by atomic mass is 10.1. The van der Waals surface area contributed by atoms with Gasteiger partial charge in [-0.2, -0.15) is 0 Å². The van der Waals surface area contributed by atoms with Crippen molar-refractivity contribution in [1.82, 2.24) is 4.90 Å². The second kappa shape index (κ2) is 6.32. The number of amides is 1. The fraction of sp³-hybridized carbons (Fsp3) is 0.500. The van der Waals surface area contributed by atoms with Crippen LogP contribution in [0.3, 0.4) is 0 Å². The van der Waals surface area contributed by atoms with Crippen LogP contribution in [-0.2, 0) is 0 Å². The van der Waals surface area contributed by atoms with Crippen LogP contribution in [0.1, 0.15) is 41.6 Å². The van der Waals surface area contributed by atoms with Crippen molar-refractivity contribution in [3.63, 3.8) is 0 Å². The molecule has 3 heteroatoms. The molecule has 0 atom stereocenters. The van der Waals surface area contributed by atoms with Gasteiger partial charge in [0.15, 0.2) is 0 Å². The number of benzene rings is 1. The zero-order chi connectivity index (χ0) is 14.7. The summed E-state index contributed by atoms with van der Waals surface area (Å²) in [4.78, 5) is 14.7. The highest BCUT2D eigenvalue weighted by Gasteiger charge is 2.31. The number of aliphatic hydroxyl groups excluding tert-OH is 1. The number of aliphatic hydroxyl groups is 1. The van der Waals surface area contributed by atoms with E-state index in [4.69, 9.17) is 5.11 Å². The molecular weight excluding hydrogens is 262 g/mol. The van der Waals surface area contributed by atoms with Crippen molar-refractivity contribution in [1.29, 1.82) is 0 Å². The first-order valence-electron chi connectivity index (χ1n) is 7.75. The van der Waals surface area contributed by atoms with Crippen molar-refractivity contribution in [3.05, 3.63) is 35.4 Å². The first-order chi connectivity index (χ1) is 10.3. The molecule has 1 N–H and O–H groups in total.